The van der Waals surface area contributed by atoms with Crippen LogP contribution in [0.1, 0.15) is 22.3 Å². The first-order valence-electron chi connectivity index (χ1n) is 17.8. The Kier molecular flexibility index (Phi) is 6.43. The highest BCUT2D eigenvalue weighted by atomic mass is 32.2. The molecule has 2 heterocycles. The van der Waals surface area contributed by atoms with Crippen LogP contribution in [0.4, 0.5) is 17.1 Å². The van der Waals surface area contributed by atoms with Crippen molar-refractivity contribution in [2.45, 2.75) is 15.2 Å². The van der Waals surface area contributed by atoms with Crippen LogP contribution >= 0.6 is 11.8 Å². The molecule has 8 aromatic carbocycles. The van der Waals surface area contributed by atoms with Crippen molar-refractivity contribution in [3.8, 4) is 22.3 Å². The summed E-state index contributed by atoms with van der Waals surface area (Å²) in [6.45, 7) is 0. The smallest absolute Gasteiger partial charge is 0.137 e. The van der Waals surface area contributed by atoms with Gasteiger partial charge in [-0.3, -0.25) is 0 Å². The van der Waals surface area contributed by atoms with Crippen molar-refractivity contribution in [3.63, 3.8) is 0 Å². The third-order valence-electron chi connectivity index (χ3n) is 10.9. The van der Waals surface area contributed by atoms with Crippen LogP contribution in [0, 0.1) is 0 Å². The minimum Gasteiger partial charge on any atom is -0.456 e. The molecule has 9 aromatic rings. The van der Waals surface area contributed by atoms with E-state index in [0.717, 1.165) is 39.0 Å². The fourth-order valence-electron chi connectivity index (χ4n) is 8.85. The van der Waals surface area contributed by atoms with Crippen molar-refractivity contribution in [1.82, 2.24) is 0 Å². The maximum atomic E-state index is 6.93. The highest BCUT2D eigenvalue weighted by Crippen LogP contribution is 2.63. The van der Waals surface area contributed by atoms with Crippen LogP contribution in [0.15, 0.2) is 202 Å². The molecule has 0 unspecified atom stereocenters. The van der Waals surface area contributed by atoms with E-state index < -0.39 is 5.41 Å². The Morgan fingerprint density at radius 2 is 1.02 bits per heavy atom. The summed E-state index contributed by atoms with van der Waals surface area (Å²) in [5.41, 5.74) is 14.7. The fourth-order valence-corrected chi connectivity index (χ4v) is 10.0. The molecule has 0 atom stereocenters. The molecule has 0 saturated carbocycles. The van der Waals surface area contributed by atoms with Gasteiger partial charge in [0.1, 0.15) is 11.2 Å². The first kappa shape index (κ1) is 29.4. The molecule has 0 saturated heterocycles. The largest absolute Gasteiger partial charge is 0.456 e. The number of furan rings is 1. The Labute approximate surface area is 306 Å². The Balaban J connectivity index is 1.22. The molecule has 0 bridgehead atoms. The number of benzene rings is 8. The van der Waals surface area contributed by atoms with E-state index in [0.29, 0.717) is 0 Å². The summed E-state index contributed by atoms with van der Waals surface area (Å²) >= 11 is 1.87. The zero-order chi connectivity index (χ0) is 34.2. The minimum absolute atomic E-state index is 0.453. The summed E-state index contributed by atoms with van der Waals surface area (Å²) < 4.78 is 6.93. The topological polar surface area (TPSA) is 16.4 Å². The third kappa shape index (κ3) is 4.08. The van der Waals surface area contributed by atoms with Gasteiger partial charge >= 0.3 is 0 Å². The summed E-state index contributed by atoms with van der Waals surface area (Å²) in [4.78, 5) is 4.99. The van der Waals surface area contributed by atoms with Crippen LogP contribution in [0.5, 0.6) is 0 Å². The van der Waals surface area contributed by atoms with Gasteiger partial charge in [-0.1, -0.05) is 145 Å². The minimum atomic E-state index is -0.453. The Bertz CT molecular complexity index is 2790. The molecule has 0 fully saturated rings. The van der Waals surface area contributed by atoms with E-state index in [4.69, 9.17) is 4.42 Å². The number of rotatable bonds is 4. The van der Waals surface area contributed by atoms with E-state index in [-0.39, 0.29) is 0 Å². The SMILES string of the molecule is c1ccc(-c2ccccc2N(c2ccccc2)c2cccc3oc4cc5c(cc4c23)-c2ccccc2C52c3ccccc3Sc3ccccc32)cc1. The van der Waals surface area contributed by atoms with Crippen molar-refractivity contribution in [2.24, 2.45) is 0 Å². The molecule has 1 aliphatic heterocycles. The van der Waals surface area contributed by atoms with Gasteiger partial charge in [0.05, 0.1) is 22.2 Å². The Morgan fingerprint density at radius 1 is 0.423 bits per heavy atom. The van der Waals surface area contributed by atoms with Gasteiger partial charge < -0.3 is 9.32 Å². The van der Waals surface area contributed by atoms with Crippen molar-refractivity contribution in [2.75, 3.05) is 4.90 Å². The Morgan fingerprint density at radius 3 is 1.77 bits per heavy atom. The van der Waals surface area contributed by atoms with Gasteiger partial charge in [0, 0.05) is 26.4 Å². The monoisotopic (exact) mass is 681 g/mol. The second-order valence-corrected chi connectivity index (χ2v) is 14.7. The third-order valence-corrected chi connectivity index (χ3v) is 12.1. The zero-order valence-electron chi connectivity index (χ0n) is 28.2. The number of nitrogens with zero attached hydrogens (tertiary/aromatic N) is 1. The summed E-state index contributed by atoms with van der Waals surface area (Å²) in [6, 6.07) is 68.2. The molecule has 0 amide bonds. The number of fused-ring (bicyclic) bond motifs is 12. The van der Waals surface area contributed by atoms with Gasteiger partial charge in [-0.05, 0) is 93.5 Å². The van der Waals surface area contributed by atoms with Crippen molar-refractivity contribution >= 4 is 50.8 Å². The lowest BCUT2D eigenvalue weighted by Crippen LogP contribution is -2.31. The summed E-state index contributed by atoms with van der Waals surface area (Å²) in [7, 11) is 0. The Hall–Kier alpha value is -6.29. The molecule has 2 aliphatic rings. The van der Waals surface area contributed by atoms with Crippen molar-refractivity contribution in [1.29, 1.82) is 0 Å². The molecule has 3 heteroatoms. The second-order valence-electron chi connectivity index (χ2n) is 13.6. The van der Waals surface area contributed by atoms with Crippen LogP contribution in [-0.4, -0.2) is 0 Å². The van der Waals surface area contributed by atoms with Gasteiger partial charge in [-0.25, -0.2) is 0 Å². The highest BCUT2D eigenvalue weighted by molar-refractivity contribution is 7.99. The molecule has 244 valence electrons. The van der Waals surface area contributed by atoms with E-state index in [1.807, 2.05) is 11.8 Å². The number of anilines is 3. The average Bonchev–Trinajstić information content (AvgIpc) is 3.72. The van der Waals surface area contributed by atoms with Crippen LogP contribution in [-0.2, 0) is 5.41 Å². The van der Waals surface area contributed by atoms with Crippen LogP contribution in [0.2, 0.25) is 0 Å². The van der Waals surface area contributed by atoms with Crippen LogP contribution in [0.25, 0.3) is 44.2 Å². The molecule has 0 N–H and O–H groups in total. The van der Waals surface area contributed by atoms with Gasteiger partial charge in [-0.15, -0.1) is 0 Å². The first-order valence-corrected chi connectivity index (χ1v) is 18.6. The summed E-state index contributed by atoms with van der Waals surface area (Å²) in [6.07, 6.45) is 0. The van der Waals surface area contributed by atoms with E-state index in [2.05, 4.69) is 193 Å². The van der Waals surface area contributed by atoms with Gasteiger partial charge in [0.15, 0.2) is 0 Å². The van der Waals surface area contributed by atoms with Crippen LogP contribution < -0.4 is 4.90 Å². The molecule has 0 radical (unpaired) electrons. The average molecular weight is 682 g/mol. The highest BCUT2D eigenvalue weighted by Gasteiger charge is 2.50. The van der Waals surface area contributed by atoms with Crippen LogP contribution in [0.3, 0.4) is 0 Å². The quantitative estimate of drug-likeness (QED) is 0.184. The molecule has 2 nitrogen and oxygen atoms in total. The van der Waals surface area contributed by atoms with Gasteiger partial charge in [0.2, 0.25) is 0 Å². The molecule has 11 rings (SSSR count). The van der Waals surface area contributed by atoms with E-state index in [9.17, 15) is 0 Å². The molecule has 52 heavy (non-hydrogen) atoms. The summed E-state index contributed by atoms with van der Waals surface area (Å²) in [5, 5.41) is 2.21. The molecular formula is C49H31NOS. The standard InChI is InChI=1S/C49H31NOS/c1-3-16-32(17-4-1)34-20-8-12-25-42(34)50(33-18-5-2-6-19-33)43-26-15-27-44-48(43)37-30-36-35-21-7-9-22-38(35)49(41(36)31-45(37)51-44)39-23-10-13-28-46(39)52-47-29-14-11-24-40(47)49/h1-31H. The lowest BCUT2D eigenvalue weighted by Gasteiger charge is -2.39. The lowest BCUT2D eigenvalue weighted by molar-refractivity contribution is 0.664. The maximum absolute atomic E-state index is 6.93. The van der Waals surface area contributed by atoms with E-state index in [1.165, 1.54) is 54.3 Å². The summed E-state index contributed by atoms with van der Waals surface area (Å²) in [5.74, 6) is 0. The molecule has 1 aromatic heterocycles. The zero-order valence-corrected chi connectivity index (χ0v) is 29.0. The second kappa shape index (κ2) is 11.4. The van der Waals surface area contributed by atoms with Gasteiger partial charge in [-0.2, -0.15) is 0 Å². The first-order chi connectivity index (χ1) is 25.8. The van der Waals surface area contributed by atoms with Crippen molar-refractivity contribution in [3.05, 3.63) is 210 Å². The lowest BCUT2D eigenvalue weighted by atomic mass is 9.67. The maximum Gasteiger partial charge on any atom is 0.137 e. The molecular weight excluding hydrogens is 651 g/mol. The predicted molar refractivity (Wildman–Crippen MR) is 215 cm³/mol. The van der Waals surface area contributed by atoms with E-state index in [1.54, 1.807) is 0 Å². The molecule has 1 aliphatic carbocycles. The van der Waals surface area contributed by atoms with E-state index >= 15 is 0 Å². The molecule has 1 spiro atoms. The predicted octanol–water partition coefficient (Wildman–Crippen LogP) is 13.6. The number of hydrogen-bond donors (Lipinski definition) is 0. The fraction of sp³-hybridized carbons (Fsp3) is 0.0204. The number of para-hydroxylation sites is 2. The number of hydrogen-bond acceptors (Lipinski definition) is 3. The van der Waals surface area contributed by atoms with Crippen molar-refractivity contribution < 1.29 is 4.42 Å². The normalized spacial score (nSPS) is 13.5. The van der Waals surface area contributed by atoms with Gasteiger partial charge in [0.25, 0.3) is 0 Å².